The Hall–Kier alpha value is -1.80. The van der Waals surface area contributed by atoms with Crippen LogP contribution >= 0.6 is 11.6 Å². The minimum atomic E-state index is -0.263. The summed E-state index contributed by atoms with van der Waals surface area (Å²) in [5.41, 5.74) is 2.83. The van der Waals surface area contributed by atoms with Gasteiger partial charge >= 0.3 is 0 Å². The van der Waals surface area contributed by atoms with E-state index in [-0.39, 0.29) is 5.82 Å². The van der Waals surface area contributed by atoms with Gasteiger partial charge in [0.25, 0.3) is 0 Å². The molecular formula is C16H13ClFN. The average molecular weight is 274 g/mol. The van der Waals surface area contributed by atoms with E-state index in [1.54, 1.807) is 12.1 Å². The summed E-state index contributed by atoms with van der Waals surface area (Å²) in [6.45, 7) is 2.50. The number of aryl methyl sites for hydroxylation is 1. The SMILES string of the molecule is Cc1ccc2c(ccn2Cc2c(F)cccc2Cl)c1. The molecule has 0 aliphatic heterocycles. The van der Waals surface area contributed by atoms with Crippen molar-refractivity contribution < 1.29 is 4.39 Å². The highest BCUT2D eigenvalue weighted by Gasteiger charge is 2.09. The lowest BCUT2D eigenvalue weighted by atomic mass is 10.2. The fraction of sp³-hybridized carbons (Fsp3) is 0.125. The predicted octanol–water partition coefficient (Wildman–Crippen LogP) is 4.79. The van der Waals surface area contributed by atoms with E-state index >= 15 is 0 Å². The molecule has 19 heavy (non-hydrogen) atoms. The van der Waals surface area contributed by atoms with E-state index in [9.17, 15) is 4.39 Å². The number of benzene rings is 2. The van der Waals surface area contributed by atoms with Crippen molar-refractivity contribution in [1.29, 1.82) is 0 Å². The molecule has 96 valence electrons. The molecule has 0 aliphatic carbocycles. The summed E-state index contributed by atoms with van der Waals surface area (Å²) >= 11 is 6.07. The lowest BCUT2D eigenvalue weighted by Crippen LogP contribution is -2.01. The monoisotopic (exact) mass is 273 g/mol. The lowest BCUT2D eigenvalue weighted by Gasteiger charge is -2.09. The quantitative estimate of drug-likeness (QED) is 0.633. The molecule has 0 amide bonds. The van der Waals surface area contributed by atoms with Gasteiger partial charge in [-0.05, 0) is 42.6 Å². The predicted molar refractivity (Wildman–Crippen MR) is 77.2 cm³/mol. The average Bonchev–Trinajstić information content (AvgIpc) is 2.76. The normalized spacial score (nSPS) is 11.1. The van der Waals surface area contributed by atoms with Crippen LogP contribution in [0.4, 0.5) is 4.39 Å². The van der Waals surface area contributed by atoms with Crippen LogP contribution in [0.5, 0.6) is 0 Å². The molecule has 1 nitrogen and oxygen atoms in total. The molecule has 2 aromatic carbocycles. The van der Waals surface area contributed by atoms with Crippen LogP contribution in [0.1, 0.15) is 11.1 Å². The largest absolute Gasteiger partial charge is 0.343 e. The van der Waals surface area contributed by atoms with Gasteiger partial charge in [0.05, 0.1) is 6.54 Å². The van der Waals surface area contributed by atoms with Crippen molar-refractivity contribution in [3.05, 3.63) is 70.6 Å². The molecule has 0 radical (unpaired) electrons. The fourth-order valence-corrected chi connectivity index (χ4v) is 2.53. The van der Waals surface area contributed by atoms with Crippen molar-refractivity contribution in [1.82, 2.24) is 4.57 Å². The van der Waals surface area contributed by atoms with Crippen molar-refractivity contribution in [3.8, 4) is 0 Å². The number of hydrogen-bond donors (Lipinski definition) is 0. The van der Waals surface area contributed by atoms with Crippen molar-refractivity contribution >= 4 is 22.5 Å². The summed E-state index contributed by atoms with van der Waals surface area (Å²) in [5.74, 6) is -0.263. The van der Waals surface area contributed by atoms with Gasteiger partial charge in [0.15, 0.2) is 0 Å². The molecule has 3 aromatic rings. The summed E-state index contributed by atoms with van der Waals surface area (Å²) < 4.78 is 15.8. The maximum absolute atomic E-state index is 13.8. The van der Waals surface area contributed by atoms with Crippen molar-refractivity contribution in [2.45, 2.75) is 13.5 Å². The zero-order valence-electron chi connectivity index (χ0n) is 10.5. The Bertz CT molecular complexity index is 725. The van der Waals surface area contributed by atoms with Crippen LogP contribution < -0.4 is 0 Å². The first kappa shape index (κ1) is 12.2. The molecule has 0 saturated heterocycles. The number of aromatic nitrogens is 1. The highest BCUT2D eigenvalue weighted by molar-refractivity contribution is 6.31. The summed E-state index contributed by atoms with van der Waals surface area (Å²) in [4.78, 5) is 0. The molecule has 1 aromatic heterocycles. The third kappa shape index (κ3) is 2.24. The second-order valence-corrected chi connectivity index (χ2v) is 5.11. The molecule has 0 saturated carbocycles. The summed E-state index contributed by atoms with van der Waals surface area (Å²) in [5, 5.41) is 1.63. The van der Waals surface area contributed by atoms with Gasteiger partial charge in [-0.3, -0.25) is 0 Å². The van der Waals surface area contributed by atoms with E-state index in [1.807, 2.05) is 16.8 Å². The zero-order chi connectivity index (χ0) is 13.4. The Labute approximate surface area is 116 Å². The van der Waals surface area contributed by atoms with Gasteiger partial charge in [0.1, 0.15) is 5.82 Å². The third-order valence-electron chi connectivity index (χ3n) is 3.32. The fourth-order valence-electron chi connectivity index (χ4n) is 2.31. The van der Waals surface area contributed by atoms with Crippen molar-refractivity contribution in [2.24, 2.45) is 0 Å². The molecule has 0 spiro atoms. The minimum absolute atomic E-state index is 0.263. The molecule has 0 fully saturated rings. The van der Waals surface area contributed by atoms with Gasteiger partial charge in [-0.25, -0.2) is 4.39 Å². The van der Waals surface area contributed by atoms with Crippen LogP contribution in [0.2, 0.25) is 5.02 Å². The molecule has 0 N–H and O–H groups in total. The Morgan fingerprint density at radius 3 is 2.79 bits per heavy atom. The van der Waals surface area contributed by atoms with Gasteiger partial charge in [0, 0.05) is 22.3 Å². The maximum Gasteiger partial charge on any atom is 0.129 e. The highest BCUT2D eigenvalue weighted by atomic mass is 35.5. The van der Waals surface area contributed by atoms with Gasteiger partial charge < -0.3 is 4.57 Å². The standard InChI is InChI=1S/C16H13ClFN/c1-11-5-6-16-12(9-11)7-8-19(16)10-13-14(17)3-2-4-15(13)18/h2-9H,10H2,1H3. The van der Waals surface area contributed by atoms with Gasteiger partial charge in [0.2, 0.25) is 0 Å². The van der Waals surface area contributed by atoms with E-state index in [4.69, 9.17) is 11.6 Å². The van der Waals surface area contributed by atoms with E-state index in [1.165, 1.54) is 11.6 Å². The maximum atomic E-state index is 13.8. The van der Waals surface area contributed by atoms with Crippen LogP contribution in [-0.4, -0.2) is 4.57 Å². The Morgan fingerprint density at radius 1 is 1.16 bits per heavy atom. The van der Waals surface area contributed by atoms with Gasteiger partial charge in [-0.2, -0.15) is 0 Å². The van der Waals surface area contributed by atoms with Crippen LogP contribution in [0.3, 0.4) is 0 Å². The van der Waals surface area contributed by atoms with E-state index in [0.717, 1.165) is 10.9 Å². The summed E-state index contributed by atoms with van der Waals surface area (Å²) in [6, 6.07) is 13.1. The number of fused-ring (bicyclic) bond motifs is 1. The van der Waals surface area contributed by atoms with Crippen LogP contribution in [0.25, 0.3) is 10.9 Å². The van der Waals surface area contributed by atoms with Crippen LogP contribution in [-0.2, 0) is 6.54 Å². The summed E-state index contributed by atoms with van der Waals surface area (Å²) in [6.07, 6.45) is 1.97. The number of halogens is 2. The van der Waals surface area contributed by atoms with E-state index < -0.39 is 0 Å². The first-order valence-electron chi connectivity index (χ1n) is 6.13. The topological polar surface area (TPSA) is 4.93 Å². The molecule has 3 heteroatoms. The number of nitrogens with zero attached hydrogens (tertiary/aromatic N) is 1. The van der Waals surface area contributed by atoms with E-state index in [2.05, 4.69) is 25.1 Å². The smallest absolute Gasteiger partial charge is 0.129 e. The number of rotatable bonds is 2. The van der Waals surface area contributed by atoms with Crippen molar-refractivity contribution in [2.75, 3.05) is 0 Å². The lowest BCUT2D eigenvalue weighted by molar-refractivity contribution is 0.602. The van der Waals surface area contributed by atoms with E-state index in [0.29, 0.717) is 17.1 Å². The van der Waals surface area contributed by atoms with Gasteiger partial charge in [-0.1, -0.05) is 29.3 Å². The highest BCUT2D eigenvalue weighted by Crippen LogP contribution is 2.23. The van der Waals surface area contributed by atoms with Crippen LogP contribution in [0, 0.1) is 12.7 Å². The molecule has 3 rings (SSSR count). The molecule has 0 unspecified atom stereocenters. The van der Waals surface area contributed by atoms with Crippen LogP contribution in [0.15, 0.2) is 48.7 Å². The molecule has 0 atom stereocenters. The molecule has 1 heterocycles. The van der Waals surface area contributed by atoms with Gasteiger partial charge in [-0.15, -0.1) is 0 Å². The third-order valence-corrected chi connectivity index (χ3v) is 3.67. The number of hydrogen-bond acceptors (Lipinski definition) is 0. The zero-order valence-corrected chi connectivity index (χ0v) is 11.3. The second kappa shape index (κ2) is 4.71. The second-order valence-electron chi connectivity index (χ2n) is 4.71. The Morgan fingerprint density at radius 2 is 2.00 bits per heavy atom. The minimum Gasteiger partial charge on any atom is -0.343 e. The summed E-state index contributed by atoms with van der Waals surface area (Å²) in [7, 11) is 0. The Balaban J connectivity index is 2.06. The molecule has 0 aliphatic rings. The first-order chi connectivity index (χ1) is 9.15. The molecule has 0 bridgehead atoms. The Kier molecular flexibility index (Phi) is 3.03. The first-order valence-corrected chi connectivity index (χ1v) is 6.51. The van der Waals surface area contributed by atoms with Crippen molar-refractivity contribution in [3.63, 3.8) is 0 Å². The molecular weight excluding hydrogens is 261 g/mol.